The predicted octanol–water partition coefficient (Wildman–Crippen LogP) is 4.58. The van der Waals surface area contributed by atoms with E-state index in [1.165, 1.54) is 13.4 Å². The number of H-pyrrole nitrogens is 1. The number of nitrogens with zero attached hydrogens (tertiary/aromatic N) is 3. The van der Waals surface area contributed by atoms with Crippen molar-refractivity contribution >= 4 is 35.0 Å². The molecule has 0 aliphatic carbocycles. The highest BCUT2D eigenvalue weighted by atomic mass is 35.5. The Morgan fingerprint density at radius 1 is 1.02 bits per heavy atom. The summed E-state index contributed by atoms with van der Waals surface area (Å²) in [6.07, 6.45) is 3.23. The van der Waals surface area contributed by atoms with Crippen LogP contribution in [0.1, 0.15) is 37.8 Å². The Hall–Kier alpha value is -5.55. The molecule has 234 valence electrons. The lowest BCUT2D eigenvalue weighted by Crippen LogP contribution is -2.46. The van der Waals surface area contributed by atoms with Gasteiger partial charge >= 0.3 is 0 Å². The summed E-state index contributed by atoms with van der Waals surface area (Å²) in [5.74, 6) is -0.421. The van der Waals surface area contributed by atoms with Gasteiger partial charge in [0.15, 0.2) is 0 Å². The van der Waals surface area contributed by atoms with Gasteiger partial charge in [0.05, 0.1) is 39.2 Å². The Morgan fingerprint density at radius 3 is 2.59 bits per heavy atom. The smallest absolute Gasteiger partial charge is 0.268 e. The molecule has 5 aromatic rings. The summed E-state index contributed by atoms with van der Waals surface area (Å²) < 4.78 is 12.9. The summed E-state index contributed by atoms with van der Waals surface area (Å²) >= 11 is 6.78. The van der Waals surface area contributed by atoms with Gasteiger partial charge in [-0.25, -0.2) is 4.98 Å². The maximum absolute atomic E-state index is 14.3. The summed E-state index contributed by atoms with van der Waals surface area (Å²) in [5, 5.41) is 3.13. The number of imidazole rings is 1. The Balaban J connectivity index is 1.33. The molecule has 0 spiro atoms. The maximum Gasteiger partial charge on any atom is 0.268 e. The average molecular weight is 639 g/mol. The third-order valence-corrected chi connectivity index (χ3v) is 8.32. The molecule has 1 atom stereocenters. The molecule has 11 nitrogen and oxygen atoms in total. The van der Waals surface area contributed by atoms with Crippen LogP contribution in [0.2, 0.25) is 5.02 Å². The van der Waals surface area contributed by atoms with Crippen molar-refractivity contribution in [3.8, 4) is 22.6 Å². The van der Waals surface area contributed by atoms with Gasteiger partial charge in [-0.1, -0.05) is 41.9 Å². The van der Waals surface area contributed by atoms with E-state index in [1.54, 1.807) is 42.5 Å². The number of para-hydroxylation sites is 1. The lowest BCUT2D eigenvalue weighted by atomic mass is 10.0. The number of halogens is 1. The molecule has 2 aromatic heterocycles. The number of ether oxygens (including phenoxy) is 2. The second kappa shape index (κ2) is 12.8. The van der Waals surface area contributed by atoms with Gasteiger partial charge in [0.2, 0.25) is 5.91 Å². The molecule has 3 heterocycles. The van der Waals surface area contributed by atoms with E-state index in [2.05, 4.69) is 15.3 Å². The molecule has 3 aromatic carbocycles. The zero-order valence-corrected chi connectivity index (χ0v) is 25.9. The zero-order chi connectivity index (χ0) is 32.4. The van der Waals surface area contributed by atoms with Gasteiger partial charge in [-0.3, -0.25) is 14.4 Å². The number of nitrogens with two attached hydrogens (primary N) is 1. The van der Waals surface area contributed by atoms with Crippen molar-refractivity contribution in [3.05, 3.63) is 119 Å². The molecule has 0 unspecified atom stereocenters. The van der Waals surface area contributed by atoms with E-state index >= 15 is 0 Å². The number of carbonyl (C=O) groups excluding carboxylic acids is 3. The summed E-state index contributed by atoms with van der Waals surface area (Å²) in [5.41, 5.74) is 10.6. The van der Waals surface area contributed by atoms with Crippen LogP contribution >= 0.6 is 11.6 Å². The lowest BCUT2D eigenvalue weighted by molar-refractivity contribution is -0.119. The summed E-state index contributed by atoms with van der Waals surface area (Å²) in [6.45, 7) is 0.481. The van der Waals surface area contributed by atoms with Crippen molar-refractivity contribution < 1.29 is 23.9 Å². The van der Waals surface area contributed by atoms with Crippen LogP contribution < -0.4 is 25.4 Å². The number of fused-ring (bicyclic) bond motifs is 2. The highest BCUT2D eigenvalue weighted by molar-refractivity contribution is 6.34. The van der Waals surface area contributed by atoms with E-state index in [4.69, 9.17) is 26.8 Å². The number of anilines is 1. The van der Waals surface area contributed by atoms with Gasteiger partial charge in [0, 0.05) is 40.3 Å². The Labute approximate surface area is 269 Å². The molecular formula is C34H31ClN6O5. The Kier molecular flexibility index (Phi) is 8.49. The lowest BCUT2D eigenvalue weighted by Gasteiger charge is -2.24. The van der Waals surface area contributed by atoms with Crippen LogP contribution in [-0.4, -0.2) is 52.5 Å². The van der Waals surface area contributed by atoms with E-state index in [-0.39, 0.29) is 24.4 Å². The SMILES string of the molecule is COc1cccc(-c2cc(OC)c(C(=O)N3Cc4ccc(C(=O)N[C@@H](Cc5cnc[nH]5)C(N)=O)n4Cc4ccccc43)cc2Cl)c1. The average Bonchev–Trinajstić information content (AvgIpc) is 3.69. The van der Waals surface area contributed by atoms with Gasteiger partial charge in [-0.2, -0.15) is 0 Å². The molecule has 0 radical (unpaired) electrons. The number of carbonyl (C=O) groups is 3. The number of aromatic nitrogens is 3. The minimum atomic E-state index is -0.951. The van der Waals surface area contributed by atoms with Crippen LogP contribution in [-0.2, 0) is 24.3 Å². The molecule has 4 N–H and O–H groups in total. The molecule has 46 heavy (non-hydrogen) atoms. The number of benzene rings is 3. The first-order valence-corrected chi connectivity index (χ1v) is 14.8. The minimum Gasteiger partial charge on any atom is -0.497 e. The predicted molar refractivity (Wildman–Crippen MR) is 173 cm³/mol. The van der Waals surface area contributed by atoms with Crippen LogP contribution in [0.25, 0.3) is 11.1 Å². The quantitative estimate of drug-likeness (QED) is 0.216. The second-order valence-electron chi connectivity index (χ2n) is 10.8. The van der Waals surface area contributed by atoms with Gasteiger partial charge in [-0.05, 0) is 53.6 Å². The summed E-state index contributed by atoms with van der Waals surface area (Å²) in [6, 6.07) is 20.9. The topological polar surface area (TPSA) is 145 Å². The van der Waals surface area contributed by atoms with Crippen molar-refractivity contribution in [1.82, 2.24) is 19.9 Å². The normalized spacial score (nSPS) is 12.8. The number of rotatable bonds is 9. The molecule has 12 heteroatoms. The first kappa shape index (κ1) is 30.5. The molecule has 6 rings (SSSR count). The Bertz CT molecular complexity index is 1940. The van der Waals surface area contributed by atoms with Crippen molar-refractivity contribution in [2.24, 2.45) is 5.73 Å². The first-order chi connectivity index (χ1) is 22.3. The fourth-order valence-electron chi connectivity index (χ4n) is 5.66. The van der Waals surface area contributed by atoms with Crippen LogP contribution in [0.15, 0.2) is 85.3 Å². The molecular weight excluding hydrogens is 608 g/mol. The second-order valence-corrected chi connectivity index (χ2v) is 11.2. The molecule has 0 bridgehead atoms. The highest BCUT2D eigenvalue weighted by Crippen LogP contribution is 2.38. The molecule has 0 saturated carbocycles. The van der Waals surface area contributed by atoms with Crippen molar-refractivity contribution in [2.45, 2.75) is 25.6 Å². The molecule has 1 aliphatic heterocycles. The third kappa shape index (κ3) is 5.92. The van der Waals surface area contributed by atoms with E-state index in [1.807, 2.05) is 53.1 Å². The molecule has 3 amide bonds. The highest BCUT2D eigenvalue weighted by Gasteiger charge is 2.30. The fraction of sp³-hybridized carbons (Fsp3) is 0.176. The number of hydrogen-bond acceptors (Lipinski definition) is 6. The minimum absolute atomic E-state index is 0.162. The zero-order valence-electron chi connectivity index (χ0n) is 25.1. The van der Waals surface area contributed by atoms with E-state index in [0.29, 0.717) is 45.7 Å². The van der Waals surface area contributed by atoms with Gasteiger partial charge in [0.1, 0.15) is 23.2 Å². The summed E-state index contributed by atoms with van der Waals surface area (Å²) in [4.78, 5) is 48.6. The van der Waals surface area contributed by atoms with Gasteiger partial charge in [0.25, 0.3) is 11.8 Å². The van der Waals surface area contributed by atoms with E-state index < -0.39 is 17.9 Å². The molecule has 1 aliphatic rings. The number of methoxy groups -OCH3 is 2. The van der Waals surface area contributed by atoms with Crippen molar-refractivity contribution in [2.75, 3.05) is 19.1 Å². The van der Waals surface area contributed by atoms with E-state index in [0.717, 1.165) is 16.8 Å². The monoisotopic (exact) mass is 638 g/mol. The number of amides is 3. The number of aromatic amines is 1. The van der Waals surface area contributed by atoms with Crippen LogP contribution in [0.4, 0.5) is 5.69 Å². The number of hydrogen-bond donors (Lipinski definition) is 3. The van der Waals surface area contributed by atoms with Crippen LogP contribution in [0.5, 0.6) is 11.5 Å². The van der Waals surface area contributed by atoms with Crippen LogP contribution in [0, 0.1) is 0 Å². The first-order valence-electron chi connectivity index (χ1n) is 14.4. The van der Waals surface area contributed by atoms with E-state index in [9.17, 15) is 14.4 Å². The number of nitrogens with one attached hydrogen (secondary N) is 2. The van der Waals surface area contributed by atoms with Gasteiger partial charge < -0.3 is 35.0 Å². The van der Waals surface area contributed by atoms with Crippen molar-refractivity contribution in [1.29, 1.82) is 0 Å². The maximum atomic E-state index is 14.3. The molecule has 0 fully saturated rings. The van der Waals surface area contributed by atoms with Crippen molar-refractivity contribution in [3.63, 3.8) is 0 Å². The van der Waals surface area contributed by atoms with Gasteiger partial charge in [-0.15, -0.1) is 0 Å². The number of primary amides is 1. The molecule has 0 saturated heterocycles. The van der Waals surface area contributed by atoms with Crippen LogP contribution in [0.3, 0.4) is 0 Å². The summed E-state index contributed by atoms with van der Waals surface area (Å²) in [7, 11) is 3.10. The standard InChI is InChI=1S/C34H31ClN6O5/c1-45-24-8-5-7-20(12-24)25-15-31(46-2)26(14-27(25)35)34(44)41-18-23-10-11-30(40(23)17-21-6-3-4-9-29(21)41)33(43)39-28(32(36)42)13-22-16-37-19-38-22/h3-12,14-16,19,28H,13,17-18H2,1-2H3,(H2,36,42)(H,37,38)(H,39,43)/t28-/m0/s1. The third-order valence-electron chi connectivity index (χ3n) is 8.01. The Morgan fingerprint density at radius 2 is 1.85 bits per heavy atom. The fourth-order valence-corrected chi connectivity index (χ4v) is 5.93. The largest absolute Gasteiger partial charge is 0.497 e.